The molecule has 0 saturated heterocycles. The maximum atomic E-state index is 13.0. The molecule has 0 saturated carbocycles. The monoisotopic (exact) mass is 445 g/mol. The number of ether oxygens (including phenoxy) is 1. The predicted molar refractivity (Wildman–Crippen MR) is 124 cm³/mol. The second-order valence-electron chi connectivity index (χ2n) is 7.09. The molecular formula is C25H19NO5S. The number of nitrogens with one attached hydrogen (secondary N) is 1. The van der Waals surface area contributed by atoms with Crippen LogP contribution in [0.15, 0.2) is 86.9 Å². The smallest absolute Gasteiger partial charge is 0.261 e. The number of hydrogen-bond acceptors (Lipinski definition) is 5. The third-order valence-corrected chi connectivity index (χ3v) is 6.17. The minimum atomic E-state index is -3.89. The first kappa shape index (κ1) is 21.2. The molecule has 1 heterocycles. The quantitative estimate of drug-likeness (QED) is 0.439. The molecule has 0 aliphatic rings. The van der Waals surface area contributed by atoms with Crippen molar-refractivity contribution < 1.29 is 17.6 Å². The van der Waals surface area contributed by atoms with Crippen LogP contribution in [0, 0.1) is 19.3 Å². The van der Waals surface area contributed by atoms with E-state index in [2.05, 4.69) is 10.6 Å². The van der Waals surface area contributed by atoms with Crippen LogP contribution in [0.25, 0.3) is 22.3 Å². The Morgan fingerprint density at radius 1 is 1.03 bits per heavy atom. The summed E-state index contributed by atoms with van der Waals surface area (Å²) in [5.74, 6) is 2.99. The summed E-state index contributed by atoms with van der Waals surface area (Å²) >= 11 is 0. The van der Waals surface area contributed by atoms with Crippen molar-refractivity contribution in [3.05, 3.63) is 88.6 Å². The van der Waals surface area contributed by atoms with E-state index in [0.717, 1.165) is 5.56 Å². The van der Waals surface area contributed by atoms with Gasteiger partial charge in [0.15, 0.2) is 5.43 Å². The molecule has 160 valence electrons. The van der Waals surface area contributed by atoms with Crippen LogP contribution in [-0.2, 0) is 10.0 Å². The molecule has 6 nitrogen and oxygen atoms in total. The van der Waals surface area contributed by atoms with Gasteiger partial charge in [0.05, 0.1) is 16.0 Å². The topological polar surface area (TPSA) is 85.6 Å². The van der Waals surface area contributed by atoms with Crippen LogP contribution in [0.3, 0.4) is 0 Å². The highest BCUT2D eigenvalue weighted by molar-refractivity contribution is 7.92. The second kappa shape index (κ2) is 8.61. The van der Waals surface area contributed by atoms with Crippen LogP contribution >= 0.6 is 0 Å². The lowest BCUT2D eigenvalue weighted by Crippen LogP contribution is -2.14. The van der Waals surface area contributed by atoms with E-state index in [-0.39, 0.29) is 28.4 Å². The van der Waals surface area contributed by atoms with Gasteiger partial charge >= 0.3 is 0 Å². The molecule has 0 unspecified atom stereocenters. The Labute approximate surface area is 185 Å². The van der Waals surface area contributed by atoms with Crippen molar-refractivity contribution in [3.63, 3.8) is 0 Å². The Morgan fingerprint density at radius 3 is 2.53 bits per heavy atom. The summed E-state index contributed by atoms with van der Waals surface area (Å²) in [5.41, 5.74) is 1.66. The zero-order valence-corrected chi connectivity index (χ0v) is 18.0. The molecule has 0 aliphatic heterocycles. The predicted octanol–water partition coefficient (Wildman–Crippen LogP) is 4.58. The van der Waals surface area contributed by atoms with Gasteiger partial charge in [-0.1, -0.05) is 35.7 Å². The van der Waals surface area contributed by atoms with Crippen LogP contribution in [0.5, 0.6) is 5.75 Å². The lowest BCUT2D eigenvalue weighted by atomic mass is 10.1. The molecule has 0 radical (unpaired) electrons. The summed E-state index contributed by atoms with van der Waals surface area (Å²) in [6, 6.07) is 19.4. The number of fused-ring (bicyclic) bond motifs is 1. The van der Waals surface area contributed by atoms with E-state index >= 15 is 0 Å². The van der Waals surface area contributed by atoms with Crippen molar-refractivity contribution in [1.29, 1.82) is 0 Å². The van der Waals surface area contributed by atoms with Gasteiger partial charge in [0.1, 0.15) is 23.7 Å². The first-order valence-electron chi connectivity index (χ1n) is 9.70. The molecule has 32 heavy (non-hydrogen) atoms. The van der Waals surface area contributed by atoms with Crippen molar-refractivity contribution >= 4 is 26.7 Å². The van der Waals surface area contributed by atoms with Crippen LogP contribution in [-0.4, -0.2) is 15.0 Å². The molecule has 1 N–H and O–H groups in total. The van der Waals surface area contributed by atoms with E-state index in [9.17, 15) is 13.2 Å². The highest BCUT2D eigenvalue weighted by Crippen LogP contribution is 2.34. The van der Waals surface area contributed by atoms with Gasteiger partial charge < -0.3 is 9.15 Å². The van der Waals surface area contributed by atoms with E-state index < -0.39 is 10.0 Å². The SMILES string of the molecule is C#CCOc1ccc(NS(=O)(=O)c2ccc(C)cc2)c(-c2cc(=O)c3ccccc3o2)c1. The molecule has 0 bridgehead atoms. The average molecular weight is 445 g/mol. The highest BCUT2D eigenvalue weighted by Gasteiger charge is 2.19. The number of benzene rings is 3. The first-order chi connectivity index (χ1) is 15.4. The number of sulfonamides is 1. The molecule has 0 fully saturated rings. The maximum absolute atomic E-state index is 13.0. The Balaban J connectivity index is 1.84. The summed E-state index contributed by atoms with van der Waals surface area (Å²) in [4.78, 5) is 12.7. The average Bonchev–Trinajstić information content (AvgIpc) is 2.78. The number of rotatable bonds is 6. The highest BCUT2D eigenvalue weighted by atomic mass is 32.2. The lowest BCUT2D eigenvalue weighted by molar-refractivity contribution is 0.370. The fourth-order valence-electron chi connectivity index (χ4n) is 3.19. The van der Waals surface area contributed by atoms with Crippen molar-refractivity contribution in [3.8, 4) is 29.4 Å². The second-order valence-corrected chi connectivity index (χ2v) is 8.77. The first-order valence-corrected chi connectivity index (χ1v) is 11.2. The molecule has 0 aliphatic carbocycles. The summed E-state index contributed by atoms with van der Waals surface area (Å²) in [7, 11) is -3.89. The van der Waals surface area contributed by atoms with E-state index in [0.29, 0.717) is 22.3 Å². The van der Waals surface area contributed by atoms with Crippen molar-refractivity contribution in [2.24, 2.45) is 0 Å². The third kappa shape index (κ3) is 4.36. The van der Waals surface area contributed by atoms with Gasteiger partial charge in [-0.05, 0) is 49.4 Å². The van der Waals surface area contributed by atoms with Crippen LogP contribution in [0.4, 0.5) is 5.69 Å². The minimum Gasteiger partial charge on any atom is -0.481 e. The van der Waals surface area contributed by atoms with Crippen molar-refractivity contribution in [2.75, 3.05) is 11.3 Å². The number of para-hydroxylation sites is 1. The number of hydrogen-bond donors (Lipinski definition) is 1. The molecule has 0 atom stereocenters. The van der Waals surface area contributed by atoms with Gasteiger partial charge in [-0.15, -0.1) is 6.42 Å². The molecule has 4 aromatic rings. The number of aryl methyl sites for hydroxylation is 1. The minimum absolute atomic E-state index is 0.0373. The van der Waals surface area contributed by atoms with Crippen LogP contribution < -0.4 is 14.9 Å². The molecule has 7 heteroatoms. The Bertz CT molecular complexity index is 1500. The third-order valence-electron chi connectivity index (χ3n) is 4.79. The molecule has 3 aromatic carbocycles. The van der Waals surface area contributed by atoms with E-state index in [4.69, 9.17) is 15.6 Å². The Hall–Kier alpha value is -4.02. The van der Waals surface area contributed by atoms with Crippen molar-refractivity contribution in [2.45, 2.75) is 11.8 Å². The molecule has 0 spiro atoms. The standard InChI is InChI=1S/C25H19NO5S/c1-3-14-30-18-10-13-22(26-32(28,29)19-11-8-17(2)9-12-19)21(15-18)25-16-23(27)20-6-4-5-7-24(20)31-25/h1,4-13,15-16,26H,14H2,2H3. The zero-order chi connectivity index (χ0) is 22.7. The fourth-order valence-corrected chi connectivity index (χ4v) is 4.27. The summed E-state index contributed by atoms with van der Waals surface area (Å²) in [6.45, 7) is 1.91. The van der Waals surface area contributed by atoms with Crippen LogP contribution in [0.2, 0.25) is 0 Å². The van der Waals surface area contributed by atoms with Gasteiger partial charge in [-0.25, -0.2) is 8.42 Å². The largest absolute Gasteiger partial charge is 0.481 e. The van der Waals surface area contributed by atoms with Gasteiger partial charge in [0, 0.05) is 11.6 Å². The summed E-state index contributed by atoms with van der Waals surface area (Å²) in [5, 5.41) is 0.428. The Kier molecular flexibility index (Phi) is 5.71. The summed E-state index contributed by atoms with van der Waals surface area (Å²) in [6.07, 6.45) is 5.27. The van der Waals surface area contributed by atoms with Crippen LogP contribution in [0.1, 0.15) is 5.56 Å². The number of anilines is 1. The molecule has 0 amide bonds. The normalized spacial score (nSPS) is 11.1. The van der Waals surface area contributed by atoms with Crippen molar-refractivity contribution in [1.82, 2.24) is 0 Å². The van der Waals surface area contributed by atoms with Gasteiger partial charge in [0.25, 0.3) is 10.0 Å². The molecule has 4 rings (SSSR count). The van der Waals surface area contributed by atoms with E-state index in [1.165, 1.54) is 18.2 Å². The summed E-state index contributed by atoms with van der Waals surface area (Å²) < 4.78 is 39.9. The molecular weight excluding hydrogens is 426 g/mol. The van der Waals surface area contributed by atoms with Gasteiger partial charge in [-0.2, -0.15) is 0 Å². The van der Waals surface area contributed by atoms with Gasteiger partial charge in [-0.3, -0.25) is 9.52 Å². The zero-order valence-electron chi connectivity index (χ0n) is 17.2. The lowest BCUT2D eigenvalue weighted by Gasteiger charge is -2.14. The van der Waals surface area contributed by atoms with E-state index in [1.54, 1.807) is 54.6 Å². The number of terminal acetylenes is 1. The maximum Gasteiger partial charge on any atom is 0.261 e. The van der Waals surface area contributed by atoms with E-state index in [1.807, 2.05) is 6.92 Å². The fraction of sp³-hybridized carbons (Fsp3) is 0.0800. The Morgan fingerprint density at radius 2 is 1.78 bits per heavy atom. The van der Waals surface area contributed by atoms with Gasteiger partial charge in [0.2, 0.25) is 0 Å². The molecule has 1 aromatic heterocycles.